The molecule has 0 saturated carbocycles. The molecule has 1 N–H and O–H groups in total. The van der Waals surface area contributed by atoms with Crippen LogP contribution in [0.1, 0.15) is 22.1 Å². The second-order valence-electron chi connectivity index (χ2n) is 5.20. The van der Waals surface area contributed by atoms with Gasteiger partial charge in [-0.05, 0) is 59.9 Å². The van der Waals surface area contributed by atoms with Gasteiger partial charge in [-0.25, -0.2) is 9.37 Å². The number of carbonyl (C=O) groups excluding carboxylic acids is 1. The fourth-order valence-electron chi connectivity index (χ4n) is 2.04. The number of halogens is 2. The summed E-state index contributed by atoms with van der Waals surface area (Å²) in [4.78, 5) is 18.4. The first kappa shape index (κ1) is 16.6. The smallest absolute Gasteiger partial charge is 0.270 e. The molecule has 0 aliphatic carbocycles. The monoisotopic (exact) mass is 365 g/mol. The molecule has 2 rings (SSSR count). The van der Waals surface area contributed by atoms with Crippen molar-refractivity contribution in [1.82, 2.24) is 15.2 Å². The molecule has 0 radical (unpaired) electrons. The van der Waals surface area contributed by atoms with Gasteiger partial charge in [-0.15, -0.1) is 0 Å². The lowest BCUT2D eigenvalue weighted by molar-refractivity contribution is 0.0925. The molecule has 1 amide bonds. The minimum atomic E-state index is -0.298. The van der Waals surface area contributed by atoms with Crippen molar-refractivity contribution in [3.05, 3.63) is 64.1 Å². The quantitative estimate of drug-likeness (QED) is 0.885. The van der Waals surface area contributed by atoms with Crippen LogP contribution in [0.25, 0.3) is 0 Å². The molecule has 6 heteroatoms. The second kappa shape index (κ2) is 7.47. The van der Waals surface area contributed by atoms with Crippen LogP contribution in [0.4, 0.5) is 4.39 Å². The van der Waals surface area contributed by atoms with E-state index in [1.807, 2.05) is 19.0 Å². The van der Waals surface area contributed by atoms with Crippen LogP contribution in [0.3, 0.4) is 0 Å². The Morgan fingerprint density at radius 2 is 1.95 bits per heavy atom. The first-order valence-corrected chi connectivity index (χ1v) is 7.57. The number of carbonyl (C=O) groups is 1. The van der Waals surface area contributed by atoms with Crippen LogP contribution < -0.4 is 5.32 Å². The highest BCUT2D eigenvalue weighted by atomic mass is 79.9. The Labute approximate surface area is 137 Å². The summed E-state index contributed by atoms with van der Waals surface area (Å²) in [6, 6.07) is 9.31. The second-order valence-corrected chi connectivity index (χ2v) is 6.12. The molecule has 1 aromatic heterocycles. The number of aromatic nitrogens is 1. The van der Waals surface area contributed by atoms with Crippen molar-refractivity contribution in [3.63, 3.8) is 0 Å². The van der Waals surface area contributed by atoms with Crippen LogP contribution in [0.5, 0.6) is 0 Å². The summed E-state index contributed by atoms with van der Waals surface area (Å²) in [5, 5.41) is 2.94. The number of amides is 1. The van der Waals surface area contributed by atoms with E-state index in [1.54, 1.807) is 30.5 Å². The number of hydrogen-bond donors (Lipinski definition) is 1. The molecule has 0 spiro atoms. The maximum absolute atomic E-state index is 13.1. The number of nitrogens with zero attached hydrogens (tertiary/aromatic N) is 2. The lowest BCUT2D eigenvalue weighted by Gasteiger charge is -2.22. The molecule has 116 valence electrons. The summed E-state index contributed by atoms with van der Waals surface area (Å²) in [7, 11) is 3.83. The molecule has 2 aromatic rings. The number of likely N-dealkylation sites (N-methyl/N-ethyl adjacent to an activating group) is 1. The predicted molar refractivity (Wildman–Crippen MR) is 87.1 cm³/mol. The van der Waals surface area contributed by atoms with E-state index in [1.165, 1.54) is 12.1 Å². The molecule has 1 heterocycles. The average molecular weight is 366 g/mol. The van der Waals surface area contributed by atoms with E-state index in [4.69, 9.17) is 0 Å². The van der Waals surface area contributed by atoms with Crippen LogP contribution in [-0.4, -0.2) is 36.4 Å². The largest absolute Gasteiger partial charge is 0.343 e. The normalized spacial score (nSPS) is 12.2. The molecule has 0 aliphatic heterocycles. The number of benzene rings is 1. The number of rotatable bonds is 5. The molecular formula is C16H17BrFN3O. The van der Waals surface area contributed by atoms with Gasteiger partial charge in [0.25, 0.3) is 5.91 Å². The molecule has 1 atom stereocenters. The van der Waals surface area contributed by atoms with Gasteiger partial charge >= 0.3 is 0 Å². The van der Waals surface area contributed by atoms with Crippen LogP contribution in [0, 0.1) is 5.82 Å². The highest BCUT2D eigenvalue weighted by molar-refractivity contribution is 9.10. The van der Waals surface area contributed by atoms with E-state index >= 15 is 0 Å². The summed E-state index contributed by atoms with van der Waals surface area (Å²) < 4.78 is 13.9. The predicted octanol–water partition coefficient (Wildman–Crippen LogP) is 3.02. The molecule has 0 aliphatic rings. The van der Waals surface area contributed by atoms with E-state index in [0.29, 0.717) is 12.2 Å². The molecule has 1 unspecified atom stereocenters. The van der Waals surface area contributed by atoms with E-state index < -0.39 is 0 Å². The van der Waals surface area contributed by atoms with Crippen LogP contribution >= 0.6 is 15.9 Å². The lowest BCUT2D eigenvalue weighted by atomic mass is 10.1. The standard InChI is InChI=1S/C16H17BrFN3O/c1-21(2)10-15(11-3-6-13(18)7-4-11)20-16(22)14-8-5-12(17)9-19-14/h3-9,15H,10H2,1-2H3,(H,20,22). The van der Waals surface area contributed by atoms with Crippen molar-refractivity contribution in [2.45, 2.75) is 6.04 Å². The van der Waals surface area contributed by atoms with E-state index in [-0.39, 0.29) is 17.8 Å². The first-order chi connectivity index (χ1) is 10.5. The summed E-state index contributed by atoms with van der Waals surface area (Å²) in [5.74, 6) is -0.558. The van der Waals surface area contributed by atoms with Crippen molar-refractivity contribution >= 4 is 21.8 Å². The van der Waals surface area contributed by atoms with Crippen LogP contribution in [0.15, 0.2) is 47.1 Å². The zero-order valence-electron chi connectivity index (χ0n) is 12.4. The Balaban J connectivity index is 2.17. The van der Waals surface area contributed by atoms with Crippen LogP contribution in [0.2, 0.25) is 0 Å². The molecule has 0 saturated heterocycles. The van der Waals surface area contributed by atoms with Gasteiger partial charge in [-0.3, -0.25) is 4.79 Å². The van der Waals surface area contributed by atoms with Gasteiger partial charge in [0.1, 0.15) is 11.5 Å². The fourth-order valence-corrected chi connectivity index (χ4v) is 2.27. The summed E-state index contributed by atoms with van der Waals surface area (Å²) in [5.41, 5.74) is 1.19. The Morgan fingerprint density at radius 3 is 2.50 bits per heavy atom. The van der Waals surface area contributed by atoms with Gasteiger partial charge in [-0.1, -0.05) is 12.1 Å². The average Bonchev–Trinajstić information content (AvgIpc) is 2.47. The molecule has 1 aromatic carbocycles. The minimum absolute atomic E-state index is 0.242. The summed E-state index contributed by atoms with van der Waals surface area (Å²) in [6.45, 7) is 0.605. The number of pyridine rings is 1. The van der Waals surface area contributed by atoms with Gasteiger partial charge < -0.3 is 10.2 Å². The third-order valence-corrected chi connectivity index (χ3v) is 3.55. The molecule has 4 nitrogen and oxygen atoms in total. The molecule has 0 fully saturated rings. The number of hydrogen-bond acceptors (Lipinski definition) is 3. The Kier molecular flexibility index (Phi) is 5.63. The van der Waals surface area contributed by atoms with Crippen molar-refractivity contribution < 1.29 is 9.18 Å². The van der Waals surface area contributed by atoms with Gasteiger partial charge in [-0.2, -0.15) is 0 Å². The van der Waals surface area contributed by atoms with E-state index in [2.05, 4.69) is 26.2 Å². The third-order valence-electron chi connectivity index (χ3n) is 3.09. The van der Waals surface area contributed by atoms with Crippen molar-refractivity contribution in [3.8, 4) is 0 Å². The zero-order chi connectivity index (χ0) is 16.1. The topological polar surface area (TPSA) is 45.2 Å². The SMILES string of the molecule is CN(C)CC(NC(=O)c1ccc(Br)cn1)c1ccc(F)cc1. The van der Waals surface area contributed by atoms with E-state index in [0.717, 1.165) is 10.0 Å². The van der Waals surface area contributed by atoms with Gasteiger partial charge in [0, 0.05) is 17.2 Å². The van der Waals surface area contributed by atoms with Gasteiger partial charge in [0.15, 0.2) is 0 Å². The fraction of sp³-hybridized carbons (Fsp3) is 0.250. The molecule has 0 bridgehead atoms. The Hall–Kier alpha value is -1.79. The highest BCUT2D eigenvalue weighted by Gasteiger charge is 2.17. The first-order valence-electron chi connectivity index (χ1n) is 6.78. The van der Waals surface area contributed by atoms with Crippen molar-refractivity contribution in [1.29, 1.82) is 0 Å². The minimum Gasteiger partial charge on any atom is -0.343 e. The Bertz CT molecular complexity index is 629. The highest BCUT2D eigenvalue weighted by Crippen LogP contribution is 2.16. The number of nitrogens with one attached hydrogen (secondary N) is 1. The van der Waals surface area contributed by atoms with Crippen molar-refractivity contribution in [2.75, 3.05) is 20.6 Å². The van der Waals surface area contributed by atoms with Gasteiger partial charge in [0.2, 0.25) is 0 Å². The summed E-state index contributed by atoms with van der Waals surface area (Å²) >= 11 is 3.29. The third kappa shape index (κ3) is 4.61. The van der Waals surface area contributed by atoms with E-state index in [9.17, 15) is 9.18 Å². The van der Waals surface area contributed by atoms with Gasteiger partial charge in [0.05, 0.1) is 6.04 Å². The maximum Gasteiger partial charge on any atom is 0.270 e. The lowest BCUT2D eigenvalue weighted by Crippen LogP contribution is -2.35. The Morgan fingerprint density at radius 1 is 1.27 bits per heavy atom. The zero-order valence-corrected chi connectivity index (χ0v) is 14.0. The van der Waals surface area contributed by atoms with Crippen molar-refractivity contribution in [2.24, 2.45) is 0 Å². The maximum atomic E-state index is 13.1. The summed E-state index contributed by atoms with van der Waals surface area (Å²) in [6.07, 6.45) is 1.58. The van der Waals surface area contributed by atoms with Crippen LogP contribution in [-0.2, 0) is 0 Å². The molecule has 22 heavy (non-hydrogen) atoms. The molecular weight excluding hydrogens is 349 g/mol.